The maximum atomic E-state index is 12.5. The van der Waals surface area contributed by atoms with E-state index in [2.05, 4.69) is 15.4 Å². The lowest BCUT2D eigenvalue weighted by molar-refractivity contribution is 0.0954. The molecule has 142 valence electrons. The fourth-order valence-electron chi connectivity index (χ4n) is 2.21. The minimum Gasteiger partial charge on any atom is -0.351 e. The summed E-state index contributed by atoms with van der Waals surface area (Å²) in [6.45, 7) is 5.06. The van der Waals surface area contributed by atoms with Crippen LogP contribution in [0.25, 0.3) is 0 Å². The topological polar surface area (TPSA) is 87.3 Å². The first kappa shape index (κ1) is 22.0. The van der Waals surface area contributed by atoms with E-state index in [1.807, 2.05) is 19.9 Å². The van der Waals surface area contributed by atoms with E-state index in [0.29, 0.717) is 24.3 Å². The van der Waals surface area contributed by atoms with Gasteiger partial charge in [-0.3, -0.25) is 9.52 Å². The molecule has 0 heterocycles. The third kappa shape index (κ3) is 5.72. The molecule has 0 saturated carbocycles. The van der Waals surface area contributed by atoms with E-state index in [0.717, 1.165) is 11.1 Å². The molecular formula is C18H24ClN3O3S. The maximum Gasteiger partial charge on any atom is 0.261 e. The van der Waals surface area contributed by atoms with E-state index in [9.17, 15) is 13.2 Å². The molecular weight excluding hydrogens is 374 g/mol. The standard InChI is InChI=1S/C18H23N3O3S.ClH/c1-13-4-7-16(12-14(13)2)21-25(23,24)17-8-5-15(6-9-17)18(22)20-11-10-19-3;/h4-9,12,19,21H,10-11H2,1-3H3,(H,20,22);1H. The average Bonchev–Trinajstić information content (AvgIpc) is 2.58. The Morgan fingerprint density at radius 1 is 0.962 bits per heavy atom. The molecule has 0 aliphatic heterocycles. The summed E-state index contributed by atoms with van der Waals surface area (Å²) in [5, 5.41) is 5.67. The number of carbonyl (C=O) groups is 1. The lowest BCUT2D eigenvalue weighted by Crippen LogP contribution is -2.30. The van der Waals surface area contributed by atoms with Gasteiger partial charge in [0.15, 0.2) is 0 Å². The Labute approximate surface area is 160 Å². The van der Waals surface area contributed by atoms with Gasteiger partial charge in [-0.1, -0.05) is 6.07 Å². The number of hydrogen-bond donors (Lipinski definition) is 3. The molecule has 0 spiro atoms. The van der Waals surface area contributed by atoms with Crippen LogP contribution in [-0.2, 0) is 10.0 Å². The Hall–Kier alpha value is -2.09. The van der Waals surface area contributed by atoms with Gasteiger partial charge in [-0.15, -0.1) is 12.4 Å². The molecule has 2 aromatic carbocycles. The zero-order chi connectivity index (χ0) is 18.4. The zero-order valence-electron chi connectivity index (χ0n) is 15.0. The lowest BCUT2D eigenvalue weighted by atomic mass is 10.1. The molecule has 0 bridgehead atoms. The third-order valence-corrected chi connectivity index (χ3v) is 5.24. The fourth-order valence-corrected chi connectivity index (χ4v) is 3.26. The quantitative estimate of drug-likeness (QED) is 0.626. The van der Waals surface area contributed by atoms with E-state index in [1.165, 1.54) is 24.3 Å². The number of benzene rings is 2. The predicted octanol–water partition coefficient (Wildman–Crippen LogP) is 2.48. The van der Waals surface area contributed by atoms with Crippen LogP contribution >= 0.6 is 12.4 Å². The van der Waals surface area contributed by atoms with Gasteiger partial charge in [-0.05, 0) is 68.4 Å². The first-order valence-corrected chi connectivity index (χ1v) is 9.45. The van der Waals surface area contributed by atoms with Crippen molar-refractivity contribution in [3.8, 4) is 0 Å². The highest BCUT2D eigenvalue weighted by Crippen LogP contribution is 2.19. The monoisotopic (exact) mass is 397 g/mol. The number of anilines is 1. The first-order valence-electron chi connectivity index (χ1n) is 7.96. The molecule has 0 aliphatic rings. The Kier molecular flexibility index (Phi) is 8.08. The van der Waals surface area contributed by atoms with Gasteiger partial charge in [-0.25, -0.2) is 8.42 Å². The van der Waals surface area contributed by atoms with Crippen LogP contribution in [0.15, 0.2) is 47.4 Å². The SMILES string of the molecule is CNCCNC(=O)c1ccc(S(=O)(=O)Nc2ccc(C)c(C)c2)cc1.Cl. The molecule has 8 heteroatoms. The van der Waals surface area contributed by atoms with Crippen LogP contribution in [0.5, 0.6) is 0 Å². The van der Waals surface area contributed by atoms with E-state index in [1.54, 1.807) is 19.2 Å². The van der Waals surface area contributed by atoms with Gasteiger partial charge in [0.25, 0.3) is 15.9 Å². The second kappa shape index (κ2) is 9.56. The van der Waals surface area contributed by atoms with Crippen molar-refractivity contribution in [1.82, 2.24) is 10.6 Å². The molecule has 0 aromatic heterocycles. The molecule has 2 rings (SSSR count). The largest absolute Gasteiger partial charge is 0.351 e. The van der Waals surface area contributed by atoms with E-state index in [4.69, 9.17) is 0 Å². The molecule has 0 saturated heterocycles. The molecule has 0 radical (unpaired) electrons. The first-order chi connectivity index (χ1) is 11.8. The van der Waals surface area contributed by atoms with Gasteiger partial charge in [0.05, 0.1) is 4.90 Å². The van der Waals surface area contributed by atoms with Gasteiger partial charge >= 0.3 is 0 Å². The summed E-state index contributed by atoms with van der Waals surface area (Å²) in [6, 6.07) is 11.2. The van der Waals surface area contributed by atoms with Crippen molar-refractivity contribution in [1.29, 1.82) is 0 Å². The zero-order valence-corrected chi connectivity index (χ0v) is 16.6. The van der Waals surface area contributed by atoms with Gasteiger partial charge in [0.1, 0.15) is 0 Å². The van der Waals surface area contributed by atoms with Crippen molar-refractivity contribution >= 4 is 34.0 Å². The number of aryl methyl sites for hydroxylation is 2. The van der Waals surface area contributed by atoms with E-state index < -0.39 is 10.0 Å². The van der Waals surface area contributed by atoms with Crippen molar-refractivity contribution in [3.05, 3.63) is 59.2 Å². The average molecular weight is 398 g/mol. The lowest BCUT2D eigenvalue weighted by Gasteiger charge is -2.10. The van der Waals surface area contributed by atoms with Crippen LogP contribution in [0.2, 0.25) is 0 Å². The highest BCUT2D eigenvalue weighted by Gasteiger charge is 2.15. The van der Waals surface area contributed by atoms with Crippen molar-refractivity contribution in [2.45, 2.75) is 18.7 Å². The van der Waals surface area contributed by atoms with Crippen molar-refractivity contribution in [2.24, 2.45) is 0 Å². The Morgan fingerprint density at radius 3 is 2.19 bits per heavy atom. The fraction of sp³-hybridized carbons (Fsp3) is 0.278. The minimum atomic E-state index is -3.70. The summed E-state index contributed by atoms with van der Waals surface area (Å²) in [6.07, 6.45) is 0. The third-order valence-electron chi connectivity index (χ3n) is 3.85. The highest BCUT2D eigenvalue weighted by atomic mass is 35.5. The van der Waals surface area contributed by atoms with Crippen molar-refractivity contribution in [2.75, 3.05) is 24.9 Å². The number of nitrogens with one attached hydrogen (secondary N) is 3. The molecule has 0 aliphatic carbocycles. The number of amides is 1. The van der Waals surface area contributed by atoms with Crippen LogP contribution < -0.4 is 15.4 Å². The van der Waals surface area contributed by atoms with Crippen molar-refractivity contribution < 1.29 is 13.2 Å². The Balaban J connectivity index is 0.00000338. The van der Waals surface area contributed by atoms with Gasteiger partial charge < -0.3 is 10.6 Å². The van der Waals surface area contributed by atoms with Gasteiger partial charge in [0.2, 0.25) is 0 Å². The number of carbonyl (C=O) groups excluding carboxylic acids is 1. The summed E-state index contributed by atoms with van der Waals surface area (Å²) < 4.78 is 27.5. The minimum absolute atomic E-state index is 0. The van der Waals surface area contributed by atoms with Crippen LogP contribution in [0.4, 0.5) is 5.69 Å². The molecule has 0 unspecified atom stereocenters. The molecule has 6 nitrogen and oxygen atoms in total. The van der Waals surface area contributed by atoms with E-state index >= 15 is 0 Å². The normalized spacial score (nSPS) is 10.7. The summed E-state index contributed by atoms with van der Waals surface area (Å²) in [7, 11) is -1.90. The van der Waals surface area contributed by atoms with Crippen LogP contribution in [0.1, 0.15) is 21.5 Å². The number of rotatable bonds is 7. The van der Waals surface area contributed by atoms with Gasteiger partial charge in [0, 0.05) is 24.3 Å². The van der Waals surface area contributed by atoms with Crippen LogP contribution in [0, 0.1) is 13.8 Å². The van der Waals surface area contributed by atoms with Crippen LogP contribution in [0.3, 0.4) is 0 Å². The van der Waals surface area contributed by atoms with Crippen molar-refractivity contribution in [3.63, 3.8) is 0 Å². The Morgan fingerprint density at radius 2 is 1.62 bits per heavy atom. The second-order valence-electron chi connectivity index (χ2n) is 5.79. The second-order valence-corrected chi connectivity index (χ2v) is 7.47. The summed E-state index contributed by atoms with van der Waals surface area (Å²) in [5.41, 5.74) is 3.03. The molecule has 2 aromatic rings. The maximum absolute atomic E-state index is 12.5. The smallest absolute Gasteiger partial charge is 0.261 e. The molecule has 0 atom stereocenters. The number of sulfonamides is 1. The summed E-state index contributed by atoms with van der Waals surface area (Å²) >= 11 is 0. The molecule has 3 N–H and O–H groups in total. The number of likely N-dealkylation sites (N-methyl/N-ethyl adjacent to an activating group) is 1. The number of halogens is 1. The number of hydrogen-bond acceptors (Lipinski definition) is 4. The molecule has 0 fully saturated rings. The van der Waals surface area contributed by atoms with Gasteiger partial charge in [-0.2, -0.15) is 0 Å². The highest BCUT2D eigenvalue weighted by molar-refractivity contribution is 7.92. The van der Waals surface area contributed by atoms with Crippen LogP contribution in [-0.4, -0.2) is 34.5 Å². The Bertz CT molecular complexity index is 852. The molecule has 26 heavy (non-hydrogen) atoms. The summed E-state index contributed by atoms with van der Waals surface area (Å²) in [5.74, 6) is -0.235. The predicted molar refractivity (Wildman–Crippen MR) is 107 cm³/mol. The molecule has 1 amide bonds. The summed E-state index contributed by atoms with van der Waals surface area (Å²) in [4.78, 5) is 12.0. The van der Waals surface area contributed by atoms with E-state index in [-0.39, 0.29) is 23.2 Å².